The van der Waals surface area contributed by atoms with Crippen LogP contribution in [-0.4, -0.2) is 26.5 Å². The second kappa shape index (κ2) is 7.95. The van der Waals surface area contributed by atoms with Crippen molar-refractivity contribution in [2.75, 3.05) is 16.8 Å². The second-order valence-corrected chi connectivity index (χ2v) is 7.29. The fraction of sp³-hybridized carbons (Fsp3) is 0.174. The topological polar surface area (TPSA) is 71.2 Å². The average molecular weight is 411 g/mol. The molecule has 8 heteroatoms. The standard InChI is InChI=1S/C23H18FN7/c1-25-17-6-7-20-15(11-17)4-5-18(30-20)12-27-22-21(24)23(29-14-28-22)31-10-8-19-16(13-31)3-2-9-26-19/h2-7,9,11,14H,8,10,12-13H2,(H,27,28,29). The van der Waals surface area contributed by atoms with E-state index in [-0.39, 0.29) is 11.6 Å². The number of pyridine rings is 2. The molecule has 0 amide bonds. The number of anilines is 2. The van der Waals surface area contributed by atoms with Crippen molar-refractivity contribution >= 4 is 28.2 Å². The van der Waals surface area contributed by atoms with E-state index in [9.17, 15) is 0 Å². The molecule has 0 fully saturated rings. The van der Waals surface area contributed by atoms with Gasteiger partial charge in [-0.25, -0.2) is 14.8 Å². The summed E-state index contributed by atoms with van der Waals surface area (Å²) in [6.07, 6.45) is 3.91. The van der Waals surface area contributed by atoms with E-state index < -0.39 is 5.82 Å². The van der Waals surface area contributed by atoms with E-state index in [1.165, 1.54) is 6.33 Å². The van der Waals surface area contributed by atoms with Gasteiger partial charge in [0, 0.05) is 31.4 Å². The minimum Gasteiger partial charge on any atom is -0.362 e. The van der Waals surface area contributed by atoms with Crippen LogP contribution in [-0.2, 0) is 19.5 Å². The number of nitrogens with one attached hydrogen (secondary N) is 1. The van der Waals surface area contributed by atoms with Gasteiger partial charge >= 0.3 is 0 Å². The van der Waals surface area contributed by atoms with Crippen molar-refractivity contribution in [3.05, 3.63) is 89.2 Å². The Balaban J connectivity index is 1.34. The van der Waals surface area contributed by atoms with E-state index in [1.54, 1.807) is 18.3 Å². The second-order valence-electron chi connectivity index (χ2n) is 7.29. The van der Waals surface area contributed by atoms with E-state index in [1.807, 2.05) is 35.2 Å². The molecule has 0 bridgehead atoms. The highest BCUT2D eigenvalue weighted by molar-refractivity contribution is 5.82. The third kappa shape index (κ3) is 3.73. The minimum absolute atomic E-state index is 0.146. The molecular weight excluding hydrogens is 393 g/mol. The zero-order valence-corrected chi connectivity index (χ0v) is 16.6. The Morgan fingerprint density at radius 3 is 2.97 bits per heavy atom. The number of hydrogen-bond donors (Lipinski definition) is 1. The van der Waals surface area contributed by atoms with Crippen LogP contribution in [0.1, 0.15) is 17.0 Å². The molecule has 31 heavy (non-hydrogen) atoms. The van der Waals surface area contributed by atoms with Crippen molar-refractivity contribution in [3.8, 4) is 0 Å². The quantitative estimate of drug-likeness (QED) is 0.506. The van der Waals surface area contributed by atoms with Crippen LogP contribution in [0.15, 0.2) is 55.0 Å². The van der Waals surface area contributed by atoms with Crippen LogP contribution < -0.4 is 10.2 Å². The molecule has 1 aliphatic rings. The van der Waals surface area contributed by atoms with Crippen LogP contribution in [0.2, 0.25) is 0 Å². The Morgan fingerprint density at radius 1 is 1.13 bits per heavy atom. The summed E-state index contributed by atoms with van der Waals surface area (Å²) in [5, 5.41) is 3.93. The molecule has 1 N–H and O–H groups in total. The van der Waals surface area contributed by atoms with Crippen molar-refractivity contribution in [3.63, 3.8) is 0 Å². The highest BCUT2D eigenvalue weighted by Gasteiger charge is 2.22. The largest absolute Gasteiger partial charge is 0.362 e. The van der Waals surface area contributed by atoms with Crippen molar-refractivity contribution < 1.29 is 4.39 Å². The van der Waals surface area contributed by atoms with Crippen LogP contribution in [0.5, 0.6) is 0 Å². The molecule has 3 aromatic heterocycles. The summed E-state index contributed by atoms with van der Waals surface area (Å²) in [5.74, 6) is -0.0466. The summed E-state index contributed by atoms with van der Waals surface area (Å²) in [6.45, 7) is 8.64. The highest BCUT2D eigenvalue weighted by Crippen LogP contribution is 2.27. The third-order valence-electron chi connectivity index (χ3n) is 5.33. The molecule has 152 valence electrons. The lowest BCUT2D eigenvalue weighted by Crippen LogP contribution is -2.32. The van der Waals surface area contributed by atoms with Crippen LogP contribution >= 0.6 is 0 Å². The molecule has 4 aromatic rings. The number of halogens is 1. The predicted molar refractivity (Wildman–Crippen MR) is 116 cm³/mol. The van der Waals surface area contributed by atoms with Gasteiger partial charge in [-0.1, -0.05) is 18.2 Å². The van der Waals surface area contributed by atoms with Gasteiger partial charge in [-0.3, -0.25) is 9.97 Å². The van der Waals surface area contributed by atoms with Crippen molar-refractivity contribution in [1.82, 2.24) is 19.9 Å². The van der Waals surface area contributed by atoms with E-state index in [0.717, 1.165) is 34.3 Å². The van der Waals surface area contributed by atoms with Crippen LogP contribution in [0.4, 0.5) is 21.7 Å². The molecule has 0 aliphatic carbocycles. The molecule has 5 rings (SSSR count). The van der Waals surface area contributed by atoms with E-state index in [0.29, 0.717) is 25.3 Å². The van der Waals surface area contributed by atoms with Gasteiger partial charge in [0.15, 0.2) is 17.3 Å². The first-order valence-corrected chi connectivity index (χ1v) is 9.90. The van der Waals surface area contributed by atoms with Gasteiger partial charge in [0.25, 0.3) is 0 Å². The number of benzene rings is 1. The summed E-state index contributed by atoms with van der Waals surface area (Å²) in [6, 6.07) is 13.0. The number of rotatable bonds is 4. The smallest absolute Gasteiger partial charge is 0.207 e. The van der Waals surface area contributed by atoms with Gasteiger partial charge in [-0.05, 0) is 35.2 Å². The lowest BCUT2D eigenvalue weighted by atomic mass is 10.1. The molecule has 0 unspecified atom stereocenters. The zero-order valence-electron chi connectivity index (χ0n) is 16.6. The molecular formula is C23H18FN7. The number of aromatic nitrogens is 4. The molecule has 0 radical (unpaired) electrons. The van der Waals surface area contributed by atoms with E-state index >= 15 is 4.39 Å². The van der Waals surface area contributed by atoms with Crippen LogP contribution in [0, 0.1) is 12.4 Å². The maximum atomic E-state index is 15.2. The van der Waals surface area contributed by atoms with Gasteiger partial charge in [0.1, 0.15) is 6.33 Å². The molecule has 0 saturated carbocycles. The lowest BCUT2D eigenvalue weighted by molar-refractivity contribution is 0.594. The Bertz CT molecular complexity index is 1320. The monoisotopic (exact) mass is 411 g/mol. The maximum absolute atomic E-state index is 15.2. The van der Waals surface area contributed by atoms with Crippen molar-refractivity contribution in [2.45, 2.75) is 19.5 Å². The molecule has 7 nitrogen and oxygen atoms in total. The normalized spacial score (nSPS) is 13.0. The molecule has 0 atom stereocenters. The molecule has 0 saturated heterocycles. The molecule has 4 heterocycles. The van der Waals surface area contributed by atoms with Gasteiger partial charge in [-0.2, -0.15) is 4.39 Å². The zero-order chi connectivity index (χ0) is 21.2. The summed E-state index contributed by atoms with van der Waals surface area (Å²) in [5.41, 5.74) is 4.25. The fourth-order valence-electron chi connectivity index (χ4n) is 3.75. The Labute approximate surface area is 178 Å². The Kier molecular flexibility index (Phi) is 4.84. The molecule has 1 aromatic carbocycles. The van der Waals surface area contributed by atoms with Gasteiger partial charge in [-0.15, -0.1) is 0 Å². The Hall–Kier alpha value is -4.12. The number of fused-ring (bicyclic) bond motifs is 2. The van der Waals surface area contributed by atoms with Gasteiger partial charge in [0.05, 0.1) is 24.3 Å². The first kappa shape index (κ1) is 18.9. The average Bonchev–Trinajstić information content (AvgIpc) is 2.82. The van der Waals surface area contributed by atoms with Gasteiger partial charge < -0.3 is 10.2 Å². The van der Waals surface area contributed by atoms with Crippen LogP contribution in [0.3, 0.4) is 0 Å². The van der Waals surface area contributed by atoms with E-state index in [4.69, 9.17) is 6.57 Å². The maximum Gasteiger partial charge on any atom is 0.207 e. The van der Waals surface area contributed by atoms with E-state index in [2.05, 4.69) is 30.1 Å². The summed E-state index contributed by atoms with van der Waals surface area (Å²) < 4.78 is 15.2. The SMILES string of the molecule is [C-]#[N+]c1ccc2nc(CNc3ncnc(N4CCc5ncccc5C4)c3F)ccc2c1. The fourth-order valence-corrected chi connectivity index (χ4v) is 3.75. The predicted octanol–water partition coefficient (Wildman–Crippen LogP) is 4.28. The number of nitrogens with zero attached hydrogens (tertiary/aromatic N) is 6. The lowest BCUT2D eigenvalue weighted by Gasteiger charge is -2.29. The highest BCUT2D eigenvalue weighted by atomic mass is 19.1. The van der Waals surface area contributed by atoms with Gasteiger partial charge in [0.2, 0.25) is 5.82 Å². The summed E-state index contributed by atoms with van der Waals surface area (Å²) >= 11 is 0. The minimum atomic E-state index is -0.475. The first-order chi connectivity index (χ1) is 15.2. The molecule has 1 aliphatic heterocycles. The third-order valence-corrected chi connectivity index (χ3v) is 5.33. The summed E-state index contributed by atoms with van der Waals surface area (Å²) in [4.78, 5) is 22.6. The molecule has 0 spiro atoms. The van der Waals surface area contributed by atoms with Crippen molar-refractivity contribution in [1.29, 1.82) is 0 Å². The first-order valence-electron chi connectivity index (χ1n) is 9.90. The number of hydrogen-bond acceptors (Lipinski definition) is 6. The van der Waals surface area contributed by atoms with Crippen LogP contribution in [0.25, 0.3) is 15.7 Å². The summed E-state index contributed by atoms with van der Waals surface area (Å²) in [7, 11) is 0. The van der Waals surface area contributed by atoms with Crippen molar-refractivity contribution in [2.24, 2.45) is 0 Å². The Morgan fingerprint density at radius 2 is 2.06 bits per heavy atom.